The summed E-state index contributed by atoms with van der Waals surface area (Å²) in [4.78, 5) is 6.42. The molecule has 136 valence electrons. The van der Waals surface area contributed by atoms with Crippen molar-refractivity contribution in [2.24, 2.45) is 4.99 Å². The van der Waals surface area contributed by atoms with Crippen LogP contribution in [0.3, 0.4) is 0 Å². The molecule has 25 heavy (non-hydrogen) atoms. The number of aliphatic imine (C=N–C) groups is 1. The molecule has 6 heteroatoms. The Labute approximate surface area is 167 Å². The van der Waals surface area contributed by atoms with Crippen LogP contribution in [0.2, 0.25) is 0 Å². The van der Waals surface area contributed by atoms with Gasteiger partial charge in [-0.15, -0.1) is 24.0 Å². The minimum Gasteiger partial charge on any atom is -0.497 e. The van der Waals surface area contributed by atoms with Gasteiger partial charge in [0.05, 0.1) is 14.2 Å². The Kier molecular flexibility index (Phi) is 9.12. The van der Waals surface area contributed by atoms with Crippen LogP contribution >= 0.6 is 24.0 Å². The summed E-state index contributed by atoms with van der Waals surface area (Å²) < 4.78 is 10.7. The summed E-state index contributed by atoms with van der Waals surface area (Å²) in [6.45, 7) is 1.42. The highest BCUT2D eigenvalue weighted by molar-refractivity contribution is 14.0. The molecule has 0 saturated carbocycles. The predicted octanol–water partition coefficient (Wildman–Crippen LogP) is 3.53. The Morgan fingerprint density at radius 1 is 1.08 bits per heavy atom. The second kappa shape index (κ2) is 10.8. The number of nitrogens with zero attached hydrogens (tertiary/aromatic N) is 2. The monoisotopic (exact) mass is 455 g/mol. The number of guanidine groups is 1. The smallest absolute Gasteiger partial charge is 0.193 e. The fraction of sp³-hybridized carbons (Fsp3) is 0.316. The molecule has 0 aromatic heterocycles. The van der Waals surface area contributed by atoms with Gasteiger partial charge in [-0.25, -0.2) is 0 Å². The van der Waals surface area contributed by atoms with Gasteiger partial charge in [-0.2, -0.15) is 0 Å². The van der Waals surface area contributed by atoms with Gasteiger partial charge in [0.1, 0.15) is 11.5 Å². The van der Waals surface area contributed by atoms with E-state index >= 15 is 0 Å². The molecule has 0 spiro atoms. The van der Waals surface area contributed by atoms with E-state index in [0.717, 1.165) is 29.6 Å². The Bertz CT molecular complexity index is 678. The maximum atomic E-state index is 5.46. The molecule has 0 amide bonds. The van der Waals surface area contributed by atoms with Crippen molar-refractivity contribution < 1.29 is 9.47 Å². The molecule has 2 aromatic rings. The van der Waals surface area contributed by atoms with Gasteiger partial charge in [0.15, 0.2) is 5.96 Å². The average Bonchev–Trinajstić information content (AvgIpc) is 2.63. The maximum absolute atomic E-state index is 5.46. The van der Waals surface area contributed by atoms with Gasteiger partial charge in [-0.05, 0) is 17.7 Å². The highest BCUT2D eigenvalue weighted by Gasteiger charge is 2.11. The normalized spacial score (nSPS) is 10.6. The number of halogens is 1. The van der Waals surface area contributed by atoms with Crippen LogP contribution in [-0.4, -0.2) is 39.2 Å². The molecule has 0 heterocycles. The average molecular weight is 455 g/mol. The lowest BCUT2D eigenvalue weighted by Crippen LogP contribution is -2.38. The summed E-state index contributed by atoms with van der Waals surface area (Å²) in [5.74, 6) is 2.42. The molecule has 1 N–H and O–H groups in total. The second-order valence-corrected chi connectivity index (χ2v) is 5.42. The Morgan fingerprint density at radius 2 is 1.80 bits per heavy atom. The quantitative estimate of drug-likeness (QED) is 0.412. The zero-order valence-electron chi connectivity index (χ0n) is 15.2. The van der Waals surface area contributed by atoms with E-state index in [2.05, 4.69) is 27.3 Å². The molecule has 0 aliphatic carbocycles. The van der Waals surface area contributed by atoms with E-state index < -0.39 is 0 Å². The second-order valence-electron chi connectivity index (χ2n) is 5.42. The van der Waals surface area contributed by atoms with Crippen LogP contribution in [0.25, 0.3) is 0 Å². The molecular weight excluding hydrogens is 429 g/mol. The first kappa shape index (κ1) is 21.1. The standard InChI is InChI=1S/C19H25N3O2.HI/c1-20-19(21-13-15-8-6-5-7-9-15)22(2)14-16-10-11-17(23-3)12-18(16)24-4;/h5-12H,13-14H2,1-4H3,(H,20,21);1H. The summed E-state index contributed by atoms with van der Waals surface area (Å²) in [6, 6.07) is 16.1. The molecule has 0 saturated heterocycles. The zero-order chi connectivity index (χ0) is 17.4. The van der Waals surface area contributed by atoms with Crippen molar-refractivity contribution in [3.05, 3.63) is 59.7 Å². The van der Waals surface area contributed by atoms with Crippen molar-refractivity contribution in [3.8, 4) is 11.5 Å². The lowest BCUT2D eigenvalue weighted by molar-refractivity contribution is 0.382. The van der Waals surface area contributed by atoms with Crippen molar-refractivity contribution in [2.45, 2.75) is 13.1 Å². The number of benzene rings is 2. The van der Waals surface area contributed by atoms with E-state index in [0.29, 0.717) is 6.54 Å². The first-order valence-corrected chi connectivity index (χ1v) is 7.84. The van der Waals surface area contributed by atoms with Gasteiger partial charge < -0.3 is 19.7 Å². The first-order valence-electron chi connectivity index (χ1n) is 7.84. The fourth-order valence-electron chi connectivity index (χ4n) is 2.47. The summed E-state index contributed by atoms with van der Waals surface area (Å²) in [6.07, 6.45) is 0. The number of methoxy groups -OCH3 is 2. The molecule has 0 aliphatic heterocycles. The molecule has 0 atom stereocenters. The lowest BCUT2D eigenvalue weighted by Gasteiger charge is -2.23. The Hall–Kier alpha value is -1.96. The largest absolute Gasteiger partial charge is 0.497 e. The fourth-order valence-corrected chi connectivity index (χ4v) is 2.47. The van der Waals surface area contributed by atoms with Crippen LogP contribution in [-0.2, 0) is 13.1 Å². The maximum Gasteiger partial charge on any atom is 0.193 e. The highest BCUT2D eigenvalue weighted by atomic mass is 127. The molecule has 2 rings (SSSR count). The van der Waals surface area contributed by atoms with E-state index in [1.165, 1.54) is 5.56 Å². The summed E-state index contributed by atoms with van der Waals surface area (Å²) in [5, 5.41) is 3.38. The van der Waals surface area contributed by atoms with Crippen LogP contribution in [0, 0.1) is 0 Å². The third-order valence-corrected chi connectivity index (χ3v) is 3.77. The summed E-state index contributed by atoms with van der Waals surface area (Å²) in [5.41, 5.74) is 2.29. The number of rotatable bonds is 6. The molecule has 0 fully saturated rings. The number of hydrogen-bond acceptors (Lipinski definition) is 3. The van der Waals surface area contributed by atoms with Crippen LogP contribution in [0.4, 0.5) is 0 Å². The van der Waals surface area contributed by atoms with Gasteiger partial charge in [0, 0.05) is 38.8 Å². The van der Waals surface area contributed by atoms with Crippen molar-refractivity contribution in [2.75, 3.05) is 28.3 Å². The van der Waals surface area contributed by atoms with Crippen molar-refractivity contribution in [1.29, 1.82) is 0 Å². The van der Waals surface area contributed by atoms with Gasteiger partial charge >= 0.3 is 0 Å². The van der Waals surface area contributed by atoms with Gasteiger partial charge in [-0.1, -0.05) is 30.3 Å². The molecule has 0 radical (unpaired) electrons. The summed E-state index contributed by atoms with van der Waals surface area (Å²) >= 11 is 0. The SMILES string of the molecule is CN=C(NCc1ccccc1)N(C)Cc1ccc(OC)cc1OC.I. The molecule has 0 aliphatic rings. The van der Waals surface area contributed by atoms with E-state index in [1.54, 1.807) is 21.3 Å². The first-order chi connectivity index (χ1) is 11.7. The topological polar surface area (TPSA) is 46.1 Å². The van der Waals surface area contributed by atoms with E-state index in [9.17, 15) is 0 Å². The minimum atomic E-state index is 0. The molecule has 0 bridgehead atoms. The number of nitrogens with one attached hydrogen (secondary N) is 1. The van der Waals surface area contributed by atoms with E-state index in [4.69, 9.17) is 9.47 Å². The van der Waals surface area contributed by atoms with Crippen LogP contribution in [0.5, 0.6) is 11.5 Å². The molecule has 0 unspecified atom stereocenters. The lowest BCUT2D eigenvalue weighted by atomic mass is 10.2. The Morgan fingerprint density at radius 3 is 2.40 bits per heavy atom. The van der Waals surface area contributed by atoms with E-state index in [-0.39, 0.29) is 24.0 Å². The molecular formula is C19H26IN3O2. The van der Waals surface area contributed by atoms with Gasteiger partial charge in [-0.3, -0.25) is 4.99 Å². The third kappa shape index (κ3) is 6.12. The van der Waals surface area contributed by atoms with Gasteiger partial charge in [0.25, 0.3) is 0 Å². The van der Waals surface area contributed by atoms with E-state index in [1.807, 2.05) is 43.4 Å². The van der Waals surface area contributed by atoms with Crippen molar-refractivity contribution in [1.82, 2.24) is 10.2 Å². The Balaban J connectivity index is 0.00000312. The van der Waals surface area contributed by atoms with Crippen molar-refractivity contribution >= 4 is 29.9 Å². The molecule has 2 aromatic carbocycles. The summed E-state index contributed by atoms with van der Waals surface area (Å²) in [7, 11) is 7.11. The third-order valence-electron chi connectivity index (χ3n) is 3.77. The van der Waals surface area contributed by atoms with Gasteiger partial charge in [0.2, 0.25) is 0 Å². The minimum absolute atomic E-state index is 0. The van der Waals surface area contributed by atoms with Crippen LogP contribution in [0.15, 0.2) is 53.5 Å². The predicted molar refractivity (Wildman–Crippen MR) is 113 cm³/mol. The molecule has 5 nitrogen and oxygen atoms in total. The van der Waals surface area contributed by atoms with Crippen molar-refractivity contribution in [3.63, 3.8) is 0 Å². The zero-order valence-corrected chi connectivity index (χ0v) is 17.5. The van der Waals surface area contributed by atoms with Crippen LogP contribution < -0.4 is 14.8 Å². The number of ether oxygens (including phenoxy) is 2. The van der Waals surface area contributed by atoms with Crippen LogP contribution in [0.1, 0.15) is 11.1 Å². The highest BCUT2D eigenvalue weighted by Crippen LogP contribution is 2.25. The number of hydrogen-bond donors (Lipinski definition) is 1.